The van der Waals surface area contributed by atoms with E-state index in [4.69, 9.17) is 4.74 Å². The van der Waals surface area contributed by atoms with Gasteiger partial charge in [-0.3, -0.25) is 4.98 Å². The Kier molecular flexibility index (Phi) is 4.60. The highest BCUT2D eigenvalue weighted by Gasteiger charge is 2.40. The number of aryl methyl sites for hydroxylation is 1. The molecule has 0 amide bonds. The van der Waals surface area contributed by atoms with Crippen molar-refractivity contribution in [1.29, 1.82) is 0 Å². The van der Waals surface area contributed by atoms with Crippen molar-refractivity contribution in [2.45, 2.75) is 31.2 Å². The Bertz CT molecular complexity index is 821. The molecule has 5 nitrogen and oxygen atoms in total. The van der Waals surface area contributed by atoms with Gasteiger partial charge in [-0.15, -0.1) is 0 Å². The fraction of sp³-hybridized carbons (Fsp3) is 0.389. The van der Waals surface area contributed by atoms with Crippen molar-refractivity contribution in [2.24, 2.45) is 5.92 Å². The fourth-order valence-corrected chi connectivity index (χ4v) is 5.25. The van der Waals surface area contributed by atoms with E-state index in [1.54, 1.807) is 28.8 Å². The first-order chi connectivity index (χ1) is 11.4. The van der Waals surface area contributed by atoms with Gasteiger partial charge in [-0.05, 0) is 48.6 Å². The van der Waals surface area contributed by atoms with E-state index in [-0.39, 0.29) is 10.9 Å². The fourth-order valence-electron chi connectivity index (χ4n) is 3.26. The molecule has 1 aromatic heterocycles. The van der Waals surface area contributed by atoms with Crippen molar-refractivity contribution >= 4 is 10.0 Å². The molecule has 1 saturated heterocycles. The number of benzene rings is 1. The SMILES string of the molecule is COc1ccc(C)cc1S(=O)(=O)N1C[C@@H](C)C[C@@H]1c1cccnc1. The lowest BCUT2D eigenvalue weighted by atomic mass is 10.0. The number of ether oxygens (including phenoxy) is 1. The van der Waals surface area contributed by atoms with Crippen molar-refractivity contribution in [3.63, 3.8) is 0 Å². The van der Waals surface area contributed by atoms with Crippen molar-refractivity contribution < 1.29 is 13.2 Å². The van der Waals surface area contributed by atoms with E-state index in [0.717, 1.165) is 17.5 Å². The van der Waals surface area contributed by atoms with Crippen molar-refractivity contribution in [3.8, 4) is 5.75 Å². The molecule has 2 atom stereocenters. The second-order valence-electron chi connectivity index (χ2n) is 6.37. The highest BCUT2D eigenvalue weighted by atomic mass is 32.2. The van der Waals surface area contributed by atoms with E-state index < -0.39 is 10.0 Å². The summed E-state index contributed by atoms with van der Waals surface area (Å²) in [4.78, 5) is 4.37. The summed E-state index contributed by atoms with van der Waals surface area (Å²) in [5.41, 5.74) is 1.82. The molecule has 0 aliphatic carbocycles. The Labute approximate surface area is 143 Å². The lowest BCUT2D eigenvalue weighted by molar-refractivity contribution is 0.379. The molecule has 2 aromatic rings. The third kappa shape index (κ3) is 3.03. The molecule has 0 bridgehead atoms. The zero-order chi connectivity index (χ0) is 17.3. The summed E-state index contributed by atoms with van der Waals surface area (Å²) in [6.45, 7) is 4.45. The van der Waals surface area contributed by atoms with Gasteiger partial charge in [-0.1, -0.05) is 19.1 Å². The molecule has 0 radical (unpaired) electrons. The molecule has 1 aliphatic rings. The van der Waals surface area contributed by atoms with Crippen LogP contribution < -0.4 is 4.74 Å². The predicted molar refractivity (Wildman–Crippen MR) is 92.4 cm³/mol. The van der Waals surface area contributed by atoms with Gasteiger partial charge in [-0.2, -0.15) is 4.31 Å². The van der Waals surface area contributed by atoms with Crippen LogP contribution in [0.5, 0.6) is 5.75 Å². The van der Waals surface area contributed by atoms with Crippen LogP contribution in [0.25, 0.3) is 0 Å². The van der Waals surface area contributed by atoms with Gasteiger partial charge in [0, 0.05) is 18.9 Å². The summed E-state index contributed by atoms with van der Waals surface area (Å²) in [6, 6.07) is 8.83. The van der Waals surface area contributed by atoms with Crippen molar-refractivity contribution in [1.82, 2.24) is 9.29 Å². The third-order valence-corrected chi connectivity index (χ3v) is 6.34. The molecule has 2 heterocycles. The molecule has 1 fully saturated rings. The zero-order valence-electron chi connectivity index (χ0n) is 14.1. The van der Waals surface area contributed by atoms with E-state index in [2.05, 4.69) is 11.9 Å². The molecule has 0 saturated carbocycles. The Morgan fingerprint density at radius 1 is 1.29 bits per heavy atom. The molecule has 1 aromatic carbocycles. The van der Waals surface area contributed by atoms with Gasteiger partial charge in [0.1, 0.15) is 10.6 Å². The number of pyridine rings is 1. The summed E-state index contributed by atoms with van der Waals surface area (Å²) in [7, 11) is -2.16. The first-order valence-electron chi connectivity index (χ1n) is 8.00. The summed E-state index contributed by atoms with van der Waals surface area (Å²) >= 11 is 0. The molecule has 6 heteroatoms. The molecular formula is C18H22N2O3S. The van der Waals surface area contributed by atoms with E-state index in [1.165, 1.54) is 7.11 Å². The molecule has 1 aliphatic heterocycles. The van der Waals surface area contributed by atoms with Crippen LogP contribution in [0.1, 0.15) is 30.5 Å². The molecule has 3 rings (SSSR count). The minimum atomic E-state index is -3.65. The van der Waals surface area contributed by atoms with Crippen LogP contribution >= 0.6 is 0 Å². The summed E-state index contributed by atoms with van der Waals surface area (Å²) in [5, 5.41) is 0. The average molecular weight is 346 g/mol. The van der Waals surface area contributed by atoms with Crippen LogP contribution in [0.3, 0.4) is 0 Å². The highest BCUT2D eigenvalue weighted by Crippen LogP contribution is 2.40. The molecule has 0 spiro atoms. The first-order valence-corrected chi connectivity index (χ1v) is 9.44. The van der Waals surface area contributed by atoms with Crippen LogP contribution in [0.15, 0.2) is 47.6 Å². The van der Waals surface area contributed by atoms with Crippen molar-refractivity contribution in [2.75, 3.05) is 13.7 Å². The predicted octanol–water partition coefficient (Wildman–Crippen LogP) is 3.17. The van der Waals surface area contributed by atoms with Crippen LogP contribution in [-0.4, -0.2) is 31.4 Å². The van der Waals surface area contributed by atoms with E-state index >= 15 is 0 Å². The summed E-state index contributed by atoms with van der Waals surface area (Å²) in [5.74, 6) is 0.672. The topological polar surface area (TPSA) is 59.5 Å². The van der Waals surface area contributed by atoms with Gasteiger partial charge < -0.3 is 4.74 Å². The largest absolute Gasteiger partial charge is 0.495 e. The van der Waals surface area contributed by atoms with Crippen molar-refractivity contribution in [3.05, 3.63) is 53.9 Å². The normalized spacial score (nSPS) is 21.8. The monoisotopic (exact) mass is 346 g/mol. The summed E-state index contributed by atoms with van der Waals surface area (Å²) < 4.78 is 33.5. The van der Waals surface area contributed by atoms with E-state index in [1.807, 2.05) is 25.1 Å². The number of nitrogens with zero attached hydrogens (tertiary/aromatic N) is 2. The summed E-state index contributed by atoms with van der Waals surface area (Å²) in [6.07, 6.45) is 4.24. The second kappa shape index (κ2) is 6.53. The Balaban J connectivity index is 2.07. The van der Waals surface area contributed by atoms with Gasteiger partial charge in [-0.25, -0.2) is 8.42 Å². The number of rotatable bonds is 4. The first kappa shape index (κ1) is 16.9. The van der Waals surface area contributed by atoms with Crippen LogP contribution in [0.4, 0.5) is 0 Å². The molecule has 128 valence electrons. The standard InChI is InChI=1S/C18H22N2O3S/c1-13-6-7-17(23-3)18(10-13)24(21,22)20-12-14(2)9-16(20)15-5-4-8-19-11-15/h4-8,10-11,14,16H,9,12H2,1-3H3/t14-,16+/m0/s1. The third-order valence-electron chi connectivity index (χ3n) is 4.44. The van der Waals surface area contributed by atoms with Gasteiger partial charge >= 0.3 is 0 Å². The lowest BCUT2D eigenvalue weighted by Crippen LogP contribution is -2.31. The molecule has 24 heavy (non-hydrogen) atoms. The van der Waals surface area contributed by atoms with Gasteiger partial charge in [0.25, 0.3) is 0 Å². The van der Waals surface area contributed by atoms with Crippen LogP contribution in [0, 0.1) is 12.8 Å². The lowest BCUT2D eigenvalue weighted by Gasteiger charge is -2.25. The Morgan fingerprint density at radius 3 is 2.75 bits per heavy atom. The van der Waals surface area contributed by atoms with E-state index in [9.17, 15) is 8.42 Å². The van der Waals surface area contributed by atoms with Crippen LogP contribution in [-0.2, 0) is 10.0 Å². The Morgan fingerprint density at radius 2 is 2.08 bits per heavy atom. The molecule has 0 unspecified atom stereocenters. The van der Waals surface area contributed by atoms with Gasteiger partial charge in [0.15, 0.2) is 0 Å². The van der Waals surface area contributed by atoms with E-state index in [0.29, 0.717) is 18.2 Å². The minimum Gasteiger partial charge on any atom is -0.495 e. The quantitative estimate of drug-likeness (QED) is 0.853. The highest BCUT2D eigenvalue weighted by molar-refractivity contribution is 7.89. The molecule has 0 N–H and O–H groups in total. The zero-order valence-corrected chi connectivity index (χ0v) is 15.0. The number of aromatic nitrogens is 1. The number of hydrogen-bond acceptors (Lipinski definition) is 4. The maximum Gasteiger partial charge on any atom is 0.247 e. The Hall–Kier alpha value is -1.92. The van der Waals surface area contributed by atoms with Gasteiger partial charge in [0.05, 0.1) is 13.2 Å². The maximum absolute atomic E-state index is 13.3. The average Bonchev–Trinajstić information content (AvgIpc) is 2.98. The molecular weight excluding hydrogens is 324 g/mol. The smallest absolute Gasteiger partial charge is 0.247 e. The number of hydrogen-bond donors (Lipinski definition) is 0. The maximum atomic E-state index is 13.3. The number of methoxy groups -OCH3 is 1. The van der Waals surface area contributed by atoms with Gasteiger partial charge in [0.2, 0.25) is 10.0 Å². The minimum absolute atomic E-state index is 0.191. The second-order valence-corrected chi connectivity index (χ2v) is 8.23. The van der Waals surface area contributed by atoms with Crippen LogP contribution in [0.2, 0.25) is 0 Å². The number of sulfonamides is 1.